The maximum atomic E-state index is 12.4. The number of rotatable bonds is 6. The summed E-state index contributed by atoms with van der Waals surface area (Å²) in [7, 11) is 2.93. The van der Waals surface area contributed by atoms with Crippen molar-refractivity contribution in [3.63, 3.8) is 0 Å². The molecule has 0 fully saturated rings. The molecule has 8 nitrogen and oxygen atoms in total. The van der Waals surface area contributed by atoms with Crippen LogP contribution in [0.4, 0.5) is 0 Å². The van der Waals surface area contributed by atoms with E-state index in [0.29, 0.717) is 6.54 Å². The lowest BCUT2D eigenvalue weighted by atomic mass is 10.1. The Kier molecular flexibility index (Phi) is 5.50. The second-order valence-electron chi connectivity index (χ2n) is 5.85. The van der Waals surface area contributed by atoms with Crippen LogP contribution >= 0.6 is 0 Å². The number of aryl methyl sites for hydroxylation is 1. The first-order chi connectivity index (χ1) is 11.4. The molecule has 1 unspecified atom stereocenters. The van der Waals surface area contributed by atoms with Gasteiger partial charge >= 0.3 is 5.69 Å². The van der Waals surface area contributed by atoms with Gasteiger partial charge in [0.25, 0.3) is 11.5 Å². The second-order valence-corrected chi connectivity index (χ2v) is 5.85. The molecule has 8 heteroatoms. The van der Waals surface area contributed by atoms with E-state index in [9.17, 15) is 14.4 Å². The van der Waals surface area contributed by atoms with Crippen molar-refractivity contribution in [2.75, 3.05) is 6.54 Å². The molecule has 0 aliphatic carbocycles. The van der Waals surface area contributed by atoms with Gasteiger partial charge in [0.15, 0.2) is 0 Å². The van der Waals surface area contributed by atoms with Gasteiger partial charge in [0.1, 0.15) is 5.65 Å². The van der Waals surface area contributed by atoms with E-state index in [0.717, 1.165) is 23.8 Å². The summed E-state index contributed by atoms with van der Waals surface area (Å²) in [6, 6.07) is 1.35. The standard InChI is InChI=1S/C16H23N5O3/c1-4-5-6-11(8-17)19-14(22)10-7-12-13(18-9-10)20(2)16(24)21(3)15(12)23/h7,9,11H,4-6,8,17H2,1-3H3,(H,19,22). The highest BCUT2D eigenvalue weighted by Gasteiger charge is 2.16. The number of hydrogen-bond acceptors (Lipinski definition) is 5. The SMILES string of the molecule is CCCCC(CN)NC(=O)c1cnc2c(c1)c(=O)n(C)c(=O)n2C. The fraction of sp³-hybridized carbons (Fsp3) is 0.500. The van der Waals surface area contributed by atoms with E-state index in [1.165, 1.54) is 30.9 Å². The Morgan fingerprint density at radius 2 is 2.04 bits per heavy atom. The number of nitrogens with zero attached hydrogens (tertiary/aromatic N) is 3. The smallest absolute Gasteiger partial charge is 0.332 e. The number of nitrogens with two attached hydrogens (primary N) is 1. The normalized spacial score (nSPS) is 12.3. The van der Waals surface area contributed by atoms with Gasteiger partial charge in [-0.1, -0.05) is 19.8 Å². The molecule has 2 aromatic heterocycles. The minimum Gasteiger partial charge on any atom is -0.348 e. The highest BCUT2D eigenvalue weighted by Crippen LogP contribution is 2.08. The predicted octanol–water partition coefficient (Wildman–Crippen LogP) is -0.120. The van der Waals surface area contributed by atoms with Crippen LogP contribution in [0.1, 0.15) is 36.5 Å². The average molecular weight is 333 g/mol. The van der Waals surface area contributed by atoms with Gasteiger partial charge in [-0.2, -0.15) is 0 Å². The zero-order valence-corrected chi connectivity index (χ0v) is 14.2. The minimum atomic E-state index is -0.475. The number of amides is 1. The Morgan fingerprint density at radius 3 is 2.67 bits per heavy atom. The van der Waals surface area contributed by atoms with E-state index in [2.05, 4.69) is 17.2 Å². The number of pyridine rings is 1. The number of hydrogen-bond donors (Lipinski definition) is 2. The molecule has 2 aromatic rings. The Hall–Kier alpha value is -2.48. The quantitative estimate of drug-likeness (QED) is 0.765. The van der Waals surface area contributed by atoms with Crippen molar-refractivity contribution in [3.05, 3.63) is 38.7 Å². The van der Waals surface area contributed by atoms with Crippen LogP contribution in [-0.2, 0) is 14.1 Å². The third kappa shape index (κ3) is 3.38. The third-order valence-electron chi connectivity index (χ3n) is 4.08. The van der Waals surface area contributed by atoms with Gasteiger partial charge in [-0.05, 0) is 12.5 Å². The number of fused-ring (bicyclic) bond motifs is 1. The van der Waals surface area contributed by atoms with E-state index in [4.69, 9.17) is 5.73 Å². The lowest BCUT2D eigenvalue weighted by molar-refractivity contribution is 0.0935. The fourth-order valence-corrected chi connectivity index (χ4v) is 2.56. The molecule has 130 valence electrons. The van der Waals surface area contributed by atoms with Crippen LogP contribution in [0.15, 0.2) is 21.9 Å². The molecule has 1 atom stereocenters. The van der Waals surface area contributed by atoms with E-state index < -0.39 is 11.2 Å². The van der Waals surface area contributed by atoms with Crippen LogP contribution in [0, 0.1) is 0 Å². The van der Waals surface area contributed by atoms with Gasteiger partial charge in [-0.15, -0.1) is 0 Å². The summed E-state index contributed by atoms with van der Waals surface area (Å²) in [5, 5.41) is 3.09. The van der Waals surface area contributed by atoms with Gasteiger partial charge in [0.05, 0.1) is 10.9 Å². The zero-order chi connectivity index (χ0) is 17.9. The van der Waals surface area contributed by atoms with Gasteiger partial charge in [0, 0.05) is 32.9 Å². The van der Waals surface area contributed by atoms with Crippen molar-refractivity contribution >= 4 is 16.9 Å². The van der Waals surface area contributed by atoms with E-state index in [-0.39, 0.29) is 28.5 Å². The molecule has 0 saturated heterocycles. The van der Waals surface area contributed by atoms with Crippen LogP contribution in [0.2, 0.25) is 0 Å². The largest absolute Gasteiger partial charge is 0.348 e. The van der Waals surface area contributed by atoms with E-state index in [1.54, 1.807) is 0 Å². The van der Waals surface area contributed by atoms with Crippen LogP contribution in [0.3, 0.4) is 0 Å². The molecular formula is C16H23N5O3. The summed E-state index contributed by atoms with van der Waals surface area (Å²) in [4.78, 5) is 40.7. The van der Waals surface area contributed by atoms with Crippen LogP contribution < -0.4 is 22.3 Å². The number of carbonyl (C=O) groups excluding carboxylic acids is 1. The van der Waals surface area contributed by atoms with E-state index in [1.807, 2.05) is 0 Å². The highest BCUT2D eigenvalue weighted by molar-refractivity contribution is 5.96. The Labute approximate surface area is 139 Å². The summed E-state index contributed by atoms with van der Waals surface area (Å²) in [5.41, 5.74) is 5.28. The van der Waals surface area contributed by atoms with Crippen LogP contribution in [0.25, 0.3) is 11.0 Å². The Morgan fingerprint density at radius 1 is 1.33 bits per heavy atom. The molecule has 0 aromatic carbocycles. The maximum Gasteiger partial charge on any atom is 0.332 e. The lowest BCUT2D eigenvalue weighted by Gasteiger charge is -2.16. The molecule has 0 bridgehead atoms. The van der Waals surface area contributed by atoms with E-state index >= 15 is 0 Å². The summed E-state index contributed by atoms with van der Waals surface area (Å²) in [6.07, 6.45) is 4.16. The summed E-state index contributed by atoms with van der Waals surface area (Å²) >= 11 is 0. The molecule has 0 radical (unpaired) electrons. The van der Waals surface area contributed by atoms with Crippen LogP contribution in [-0.4, -0.2) is 32.6 Å². The molecule has 1 amide bonds. The molecule has 0 saturated carbocycles. The summed E-state index contributed by atoms with van der Waals surface area (Å²) < 4.78 is 2.28. The first kappa shape index (κ1) is 17.9. The highest BCUT2D eigenvalue weighted by atomic mass is 16.2. The van der Waals surface area contributed by atoms with Crippen molar-refractivity contribution in [1.82, 2.24) is 19.4 Å². The number of carbonyl (C=O) groups is 1. The van der Waals surface area contributed by atoms with Crippen molar-refractivity contribution in [1.29, 1.82) is 0 Å². The van der Waals surface area contributed by atoms with Gasteiger partial charge < -0.3 is 11.1 Å². The molecule has 0 spiro atoms. The predicted molar refractivity (Wildman–Crippen MR) is 92.1 cm³/mol. The third-order valence-corrected chi connectivity index (χ3v) is 4.08. The summed E-state index contributed by atoms with van der Waals surface area (Å²) in [6.45, 7) is 2.42. The second kappa shape index (κ2) is 7.39. The number of aromatic nitrogens is 3. The first-order valence-corrected chi connectivity index (χ1v) is 7.97. The molecule has 24 heavy (non-hydrogen) atoms. The Balaban J connectivity index is 2.39. The first-order valence-electron chi connectivity index (χ1n) is 7.97. The Bertz CT molecular complexity index is 868. The number of unbranched alkanes of at least 4 members (excludes halogenated alkanes) is 1. The maximum absolute atomic E-state index is 12.4. The van der Waals surface area contributed by atoms with Gasteiger partial charge in [0.2, 0.25) is 0 Å². The monoisotopic (exact) mass is 333 g/mol. The fourth-order valence-electron chi connectivity index (χ4n) is 2.56. The zero-order valence-electron chi connectivity index (χ0n) is 14.2. The van der Waals surface area contributed by atoms with Crippen molar-refractivity contribution in [3.8, 4) is 0 Å². The number of nitrogens with one attached hydrogen (secondary N) is 1. The topological polar surface area (TPSA) is 112 Å². The molecule has 3 N–H and O–H groups in total. The summed E-state index contributed by atoms with van der Waals surface area (Å²) in [5.74, 6) is -0.327. The molecule has 0 aliphatic heterocycles. The average Bonchev–Trinajstić information content (AvgIpc) is 2.60. The molecular weight excluding hydrogens is 310 g/mol. The van der Waals surface area contributed by atoms with Gasteiger partial charge in [-0.25, -0.2) is 9.78 Å². The van der Waals surface area contributed by atoms with Crippen molar-refractivity contribution < 1.29 is 4.79 Å². The van der Waals surface area contributed by atoms with Crippen molar-refractivity contribution in [2.45, 2.75) is 32.2 Å². The van der Waals surface area contributed by atoms with Crippen molar-refractivity contribution in [2.24, 2.45) is 19.8 Å². The van der Waals surface area contributed by atoms with Crippen LogP contribution in [0.5, 0.6) is 0 Å². The minimum absolute atomic E-state index is 0.115. The molecule has 2 heterocycles. The molecule has 2 rings (SSSR count). The van der Waals surface area contributed by atoms with Gasteiger partial charge in [-0.3, -0.25) is 18.7 Å². The molecule has 0 aliphatic rings. The lowest BCUT2D eigenvalue weighted by Crippen LogP contribution is -2.40.